The van der Waals surface area contributed by atoms with Gasteiger partial charge in [-0.2, -0.15) is 0 Å². The number of nitrogens with two attached hydrogens (primary N) is 1. The number of carbonyl (C=O) groups excluding carboxylic acids is 1. The highest BCUT2D eigenvalue weighted by Crippen LogP contribution is 2.34. The Bertz CT molecular complexity index is 455. The van der Waals surface area contributed by atoms with E-state index >= 15 is 0 Å². The van der Waals surface area contributed by atoms with E-state index in [4.69, 9.17) is 5.73 Å². The van der Waals surface area contributed by atoms with Gasteiger partial charge in [-0.1, -0.05) is 6.07 Å². The summed E-state index contributed by atoms with van der Waals surface area (Å²) < 4.78 is 0. The van der Waals surface area contributed by atoms with E-state index in [1.807, 2.05) is 6.07 Å². The highest BCUT2D eigenvalue weighted by molar-refractivity contribution is 8.00. The number of hydrogen-bond donors (Lipinski definition) is 2. The van der Waals surface area contributed by atoms with Crippen LogP contribution in [0.15, 0.2) is 23.1 Å². The van der Waals surface area contributed by atoms with Crippen LogP contribution >= 0.6 is 11.8 Å². The normalized spacial score (nSPS) is 27.0. The highest BCUT2D eigenvalue weighted by Gasteiger charge is 2.26. The highest BCUT2D eigenvalue weighted by atomic mass is 32.2. The van der Waals surface area contributed by atoms with E-state index in [-0.39, 0.29) is 5.91 Å². The van der Waals surface area contributed by atoms with Crippen molar-refractivity contribution >= 4 is 23.4 Å². The van der Waals surface area contributed by atoms with Crippen molar-refractivity contribution in [3.05, 3.63) is 23.8 Å². The van der Waals surface area contributed by atoms with Gasteiger partial charge in [0.1, 0.15) is 0 Å². The lowest BCUT2D eigenvalue weighted by atomic mass is 9.77. The Balaban J connectivity index is 1.72. The van der Waals surface area contributed by atoms with Crippen LogP contribution in [0.2, 0.25) is 0 Å². The summed E-state index contributed by atoms with van der Waals surface area (Å²) >= 11 is 1.63. The van der Waals surface area contributed by atoms with Gasteiger partial charge >= 0.3 is 0 Å². The smallest absolute Gasteiger partial charge is 0.234 e. The average Bonchev–Trinajstić information content (AvgIpc) is 2.27. The molecule has 1 fully saturated rings. The first-order valence-corrected chi connectivity index (χ1v) is 7.00. The molecule has 0 radical (unpaired) electrons. The Morgan fingerprint density at radius 3 is 3.00 bits per heavy atom. The zero-order valence-electron chi connectivity index (χ0n) is 9.61. The van der Waals surface area contributed by atoms with Crippen molar-refractivity contribution < 1.29 is 4.79 Å². The Labute approximate surface area is 105 Å². The Kier molecular flexibility index (Phi) is 2.84. The third-order valence-electron chi connectivity index (χ3n) is 3.48. The van der Waals surface area contributed by atoms with Crippen LogP contribution in [0.4, 0.5) is 5.69 Å². The molecule has 0 unspecified atom stereocenters. The summed E-state index contributed by atoms with van der Waals surface area (Å²) in [5.74, 6) is 1.39. The molecule has 0 saturated heterocycles. The number of benzene rings is 1. The maximum absolute atomic E-state index is 11.2. The summed E-state index contributed by atoms with van der Waals surface area (Å²) in [7, 11) is 0. The lowest BCUT2D eigenvalue weighted by Crippen LogP contribution is -2.37. The first-order valence-electron chi connectivity index (χ1n) is 6.02. The molecular formula is C13H16N2OS. The third-order valence-corrected chi connectivity index (χ3v) is 4.53. The van der Waals surface area contributed by atoms with E-state index in [2.05, 4.69) is 17.4 Å². The first kappa shape index (κ1) is 11.1. The van der Waals surface area contributed by atoms with Gasteiger partial charge in [0.25, 0.3) is 0 Å². The zero-order chi connectivity index (χ0) is 11.8. The lowest BCUT2D eigenvalue weighted by molar-refractivity contribution is -0.113. The number of thioether (sulfide) groups is 1. The van der Waals surface area contributed by atoms with Gasteiger partial charge in [0.15, 0.2) is 0 Å². The van der Waals surface area contributed by atoms with Crippen molar-refractivity contribution in [3.8, 4) is 0 Å². The van der Waals surface area contributed by atoms with Crippen molar-refractivity contribution in [3.63, 3.8) is 0 Å². The second-order valence-corrected chi connectivity index (χ2v) is 5.99. The maximum atomic E-state index is 11.2. The van der Waals surface area contributed by atoms with Gasteiger partial charge < -0.3 is 11.1 Å². The lowest BCUT2D eigenvalue weighted by Gasteiger charge is -2.32. The van der Waals surface area contributed by atoms with Crippen LogP contribution in [0.5, 0.6) is 0 Å². The number of hydrogen-bond acceptors (Lipinski definition) is 3. The van der Waals surface area contributed by atoms with Gasteiger partial charge in [0.2, 0.25) is 5.91 Å². The van der Waals surface area contributed by atoms with Gasteiger partial charge in [0.05, 0.1) is 11.4 Å². The molecule has 2 aliphatic rings. The minimum absolute atomic E-state index is 0.0974. The largest absolute Gasteiger partial charge is 0.328 e. The number of carbonyl (C=O) groups is 1. The second-order valence-electron chi connectivity index (χ2n) is 4.97. The van der Waals surface area contributed by atoms with Crippen molar-refractivity contribution in [1.82, 2.24) is 0 Å². The van der Waals surface area contributed by atoms with Crippen LogP contribution in [0, 0.1) is 5.92 Å². The molecule has 0 bridgehead atoms. The fraction of sp³-hybridized carbons (Fsp3) is 0.462. The van der Waals surface area contributed by atoms with Crippen LogP contribution in [-0.4, -0.2) is 17.7 Å². The van der Waals surface area contributed by atoms with Crippen molar-refractivity contribution in [2.45, 2.75) is 30.2 Å². The van der Waals surface area contributed by atoms with Crippen LogP contribution in [0.25, 0.3) is 0 Å². The number of nitrogens with one attached hydrogen (secondary N) is 1. The molecule has 1 amide bonds. The molecule has 3 N–H and O–H groups in total. The molecule has 90 valence electrons. The molecule has 0 atom stereocenters. The van der Waals surface area contributed by atoms with E-state index < -0.39 is 0 Å². The minimum Gasteiger partial charge on any atom is -0.328 e. The monoisotopic (exact) mass is 248 g/mol. The van der Waals surface area contributed by atoms with Crippen molar-refractivity contribution in [2.75, 3.05) is 11.1 Å². The molecule has 4 heteroatoms. The number of rotatable bonds is 2. The van der Waals surface area contributed by atoms with Crippen LogP contribution < -0.4 is 11.1 Å². The van der Waals surface area contributed by atoms with E-state index in [1.54, 1.807) is 11.8 Å². The first-order chi connectivity index (χ1) is 8.20. The van der Waals surface area contributed by atoms with E-state index in [0.29, 0.717) is 11.8 Å². The summed E-state index contributed by atoms with van der Waals surface area (Å²) in [4.78, 5) is 12.4. The van der Waals surface area contributed by atoms with Crippen molar-refractivity contribution in [2.24, 2.45) is 11.7 Å². The number of amides is 1. The van der Waals surface area contributed by atoms with Gasteiger partial charge in [-0.25, -0.2) is 0 Å². The predicted octanol–water partition coefficient (Wildman–Crippen LogP) is 2.01. The topological polar surface area (TPSA) is 55.1 Å². The molecule has 1 saturated carbocycles. The van der Waals surface area contributed by atoms with Gasteiger partial charge in [-0.15, -0.1) is 11.8 Å². The quantitative estimate of drug-likeness (QED) is 0.841. The Hall–Kier alpha value is -1.00. The number of anilines is 1. The van der Waals surface area contributed by atoms with Crippen molar-refractivity contribution in [1.29, 1.82) is 0 Å². The number of fused-ring (bicyclic) bond motifs is 1. The van der Waals surface area contributed by atoms with Crippen LogP contribution in [0.1, 0.15) is 18.4 Å². The maximum Gasteiger partial charge on any atom is 0.234 e. The fourth-order valence-corrected chi connectivity index (χ4v) is 3.40. The summed E-state index contributed by atoms with van der Waals surface area (Å²) in [5, 5.41) is 2.90. The summed E-state index contributed by atoms with van der Waals surface area (Å²) in [6.07, 6.45) is 3.43. The van der Waals surface area contributed by atoms with Gasteiger partial charge in [-0.05, 0) is 42.9 Å². The summed E-state index contributed by atoms with van der Waals surface area (Å²) in [5.41, 5.74) is 8.12. The molecule has 1 heterocycles. The third kappa shape index (κ3) is 2.33. The van der Waals surface area contributed by atoms with Gasteiger partial charge in [-0.3, -0.25) is 4.79 Å². The molecule has 1 aromatic rings. The minimum atomic E-state index is 0.0974. The van der Waals surface area contributed by atoms with Gasteiger partial charge in [0, 0.05) is 10.9 Å². The zero-order valence-corrected chi connectivity index (χ0v) is 10.4. The molecule has 1 aromatic carbocycles. The fourth-order valence-electron chi connectivity index (χ4n) is 2.53. The summed E-state index contributed by atoms with van der Waals surface area (Å²) in [6, 6.07) is 6.78. The van der Waals surface area contributed by atoms with E-state index in [0.717, 1.165) is 30.9 Å². The van der Waals surface area contributed by atoms with Crippen LogP contribution in [0.3, 0.4) is 0 Å². The van der Waals surface area contributed by atoms with E-state index in [9.17, 15) is 4.79 Å². The molecule has 0 spiro atoms. The molecule has 0 aromatic heterocycles. The average molecular weight is 248 g/mol. The van der Waals surface area contributed by atoms with Crippen LogP contribution in [-0.2, 0) is 11.2 Å². The molecule has 1 aliphatic heterocycles. The Morgan fingerprint density at radius 1 is 1.41 bits per heavy atom. The standard InChI is InChI=1S/C13H16N2OS/c14-10-4-9(5-10)3-8-1-2-11-12(6-8)17-7-13(16)15-11/h1-2,6,9-10H,3-5,7,14H2,(H,15,16). The molecular weight excluding hydrogens is 232 g/mol. The summed E-state index contributed by atoms with van der Waals surface area (Å²) in [6.45, 7) is 0. The molecule has 1 aliphatic carbocycles. The second kappa shape index (κ2) is 4.35. The Morgan fingerprint density at radius 2 is 2.24 bits per heavy atom. The predicted molar refractivity (Wildman–Crippen MR) is 70.2 cm³/mol. The van der Waals surface area contributed by atoms with E-state index in [1.165, 1.54) is 10.5 Å². The molecule has 3 rings (SSSR count). The molecule has 3 nitrogen and oxygen atoms in total. The SMILES string of the molecule is NC1CC(Cc2ccc3c(c2)SCC(=O)N3)C1. The molecule has 17 heavy (non-hydrogen) atoms.